The molecule has 2 amide bonds. The van der Waals surface area contributed by atoms with Crippen LogP contribution in [0.5, 0.6) is 5.75 Å². The fraction of sp³-hybridized carbons (Fsp3) is 0.381. The standard InChI is InChI=1S/C21H26N4O3/c1-28-18-6-2-4-17(12-18)15-25-11-10-24-21(27)19(25)13-20(26)23-9-7-16-5-3-8-22-14-16/h2-6,8,12,14,19H,7,9-11,13,15H2,1H3,(H,23,26)(H,24,27)/t19-/m0/s1. The summed E-state index contributed by atoms with van der Waals surface area (Å²) in [4.78, 5) is 30.9. The second kappa shape index (κ2) is 9.85. The second-order valence-electron chi connectivity index (χ2n) is 6.79. The highest BCUT2D eigenvalue weighted by molar-refractivity contribution is 5.88. The highest BCUT2D eigenvalue weighted by Crippen LogP contribution is 2.18. The van der Waals surface area contributed by atoms with Gasteiger partial charge in [-0.25, -0.2) is 0 Å². The maximum atomic E-state index is 12.4. The molecular weight excluding hydrogens is 356 g/mol. The molecule has 2 N–H and O–H groups in total. The Bertz CT molecular complexity index is 797. The maximum Gasteiger partial charge on any atom is 0.237 e. The zero-order chi connectivity index (χ0) is 19.8. The van der Waals surface area contributed by atoms with Crippen LogP contribution in [0.2, 0.25) is 0 Å². The molecule has 1 aromatic heterocycles. The van der Waals surface area contributed by atoms with E-state index in [-0.39, 0.29) is 18.2 Å². The number of hydrogen-bond acceptors (Lipinski definition) is 5. The quantitative estimate of drug-likeness (QED) is 0.715. The summed E-state index contributed by atoms with van der Waals surface area (Å²) in [7, 11) is 1.63. The van der Waals surface area contributed by atoms with Crippen molar-refractivity contribution in [3.05, 3.63) is 59.9 Å². The summed E-state index contributed by atoms with van der Waals surface area (Å²) in [5.41, 5.74) is 2.12. The Morgan fingerprint density at radius 3 is 2.96 bits per heavy atom. The molecule has 2 heterocycles. The molecular formula is C21H26N4O3. The van der Waals surface area contributed by atoms with E-state index < -0.39 is 6.04 Å². The van der Waals surface area contributed by atoms with Gasteiger partial charge in [0.05, 0.1) is 19.6 Å². The summed E-state index contributed by atoms with van der Waals surface area (Å²) in [5.74, 6) is 0.557. The minimum atomic E-state index is -0.474. The van der Waals surface area contributed by atoms with E-state index in [2.05, 4.69) is 15.6 Å². The topological polar surface area (TPSA) is 83.6 Å². The van der Waals surface area contributed by atoms with Crippen LogP contribution in [-0.4, -0.2) is 54.5 Å². The summed E-state index contributed by atoms with van der Waals surface area (Å²) in [6.07, 6.45) is 4.37. The molecule has 0 saturated carbocycles. The van der Waals surface area contributed by atoms with Gasteiger partial charge in [0, 0.05) is 38.6 Å². The third kappa shape index (κ3) is 5.53. The molecule has 3 rings (SSSR count). The van der Waals surface area contributed by atoms with Gasteiger partial charge in [-0.3, -0.25) is 19.5 Å². The largest absolute Gasteiger partial charge is 0.497 e. The molecule has 7 nitrogen and oxygen atoms in total. The molecule has 1 saturated heterocycles. The van der Waals surface area contributed by atoms with Gasteiger partial charge >= 0.3 is 0 Å². The predicted molar refractivity (Wildman–Crippen MR) is 106 cm³/mol. The Morgan fingerprint density at radius 2 is 2.18 bits per heavy atom. The van der Waals surface area contributed by atoms with Crippen molar-refractivity contribution in [1.82, 2.24) is 20.5 Å². The molecule has 0 spiro atoms. The number of amides is 2. The number of pyridine rings is 1. The molecule has 0 aliphatic carbocycles. The second-order valence-corrected chi connectivity index (χ2v) is 6.79. The highest BCUT2D eigenvalue weighted by atomic mass is 16.5. The van der Waals surface area contributed by atoms with Gasteiger partial charge in [-0.1, -0.05) is 18.2 Å². The van der Waals surface area contributed by atoms with Crippen molar-refractivity contribution >= 4 is 11.8 Å². The molecule has 148 valence electrons. The molecule has 7 heteroatoms. The van der Waals surface area contributed by atoms with Crippen LogP contribution in [0.3, 0.4) is 0 Å². The van der Waals surface area contributed by atoms with E-state index in [1.165, 1.54) is 0 Å². The number of carbonyl (C=O) groups excluding carboxylic acids is 2. The number of carbonyl (C=O) groups is 2. The van der Waals surface area contributed by atoms with Crippen molar-refractivity contribution in [1.29, 1.82) is 0 Å². The van der Waals surface area contributed by atoms with Crippen LogP contribution in [0, 0.1) is 0 Å². The lowest BCUT2D eigenvalue weighted by atomic mass is 10.1. The van der Waals surface area contributed by atoms with Crippen molar-refractivity contribution in [2.45, 2.75) is 25.4 Å². The van der Waals surface area contributed by atoms with Crippen molar-refractivity contribution in [2.24, 2.45) is 0 Å². The van der Waals surface area contributed by atoms with Crippen molar-refractivity contribution in [2.75, 3.05) is 26.7 Å². The van der Waals surface area contributed by atoms with E-state index >= 15 is 0 Å². The predicted octanol–water partition coefficient (Wildman–Crippen LogP) is 1.14. The molecule has 28 heavy (non-hydrogen) atoms. The molecule has 1 aliphatic heterocycles. The van der Waals surface area contributed by atoms with Gasteiger partial charge < -0.3 is 15.4 Å². The van der Waals surface area contributed by atoms with Gasteiger partial charge in [-0.05, 0) is 35.7 Å². The SMILES string of the molecule is COc1cccc(CN2CCNC(=O)[C@@H]2CC(=O)NCCc2cccnc2)c1. The Hall–Kier alpha value is -2.93. The Kier molecular flexibility index (Phi) is 6.97. The molecule has 2 aromatic rings. The van der Waals surface area contributed by atoms with Gasteiger partial charge in [0.25, 0.3) is 0 Å². The lowest BCUT2D eigenvalue weighted by Gasteiger charge is -2.34. The van der Waals surface area contributed by atoms with E-state index in [4.69, 9.17) is 4.74 Å². The average molecular weight is 382 g/mol. The van der Waals surface area contributed by atoms with Gasteiger partial charge in [-0.2, -0.15) is 0 Å². The molecule has 0 bridgehead atoms. The minimum absolute atomic E-state index is 0.100. The van der Waals surface area contributed by atoms with Gasteiger partial charge in [-0.15, -0.1) is 0 Å². The number of piperazine rings is 1. The summed E-state index contributed by atoms with van der Waals surface area (Å²) >= 11 is 0. The Balaban J connectivity index is 1.55. The van der Waals surface area contributed by atoms with Gasteiger partial charge in [0.1, 0.15) is 5.75 Å². The molecule has 1 aromatic carbocycles. The van der Waals surface area contributed by atoms with Crippen LogP contribution >= 0.6 is 0 Å². The summed E-state index contributed by atoms with van der Waals surface area (Å²) in [5, 5.41) is 5.77. The van der Waals surface area contributed by atoms with Crippen LogP contribution < -0.4 is 15.4 Å². The van der Waals surface area contributed by atoms with Crippen LogP contribution in [0.1, 0.15) is 17.5 Å². The number of nitrogens with zero attached hydrogens (tertiary/aromatic N) is 2. The normalized spacial score (nSPS) is 17.0. The Labute approximate surface area is 165 Å². The first-order valence-electron chi connectivity index (χ1n) is 9.46. The maximum absolute atomic E-state index is 12.4. The van der Waals surface area contributed by atoms with Crippen LogP contribution in [0.25, 0.3) is 0 Å². The van der Waals surface area contributed by atoms with Gasteiger partial charge in [0.2, 0.25) is 11.8 Å². The molecule has 0 radical (unpaired) electrons. The van der Waals surface area contributed by atoms with E-state index in [1.807, 2.05) is 41.3 Å². The number of hydrogen-bond donors (Lipinski definition) is 2. The van der Waals surface area contributed by atoms with Crippen molar-refractivity contribution in [3.8, 4) is 5.75 Å². The smallest absolute Gasteiger partial charge is 0.237 e. The monoisotopic (exact) mass is 382 g/mol. The Morgan fingerprint density at radius 1 is 1.32 bits per heavy atom. The zero-order valence-corrected chi connectivity index (χ0v) is 16.1. The lowest BCUT2D eigenvalue weighted by Crippen LogP contribution is -2.56. The van der Waals surface area contributed by atoms with Crippen molar-refractivity contribution < 1.29 is 14.3 Å². The number of benzene rings is 1. The van der Waals surface area contributed by atoms with Crippen molar-refractivity contribution in [3.63, 3.8) is 0 Å². The number of aromatic nitrogens is 1. The van der Waals surface area contributed by atoms with E-state index in [1.54, 1.807) is 19.5 Å². The average Bonchev–Trinajstić information content (AvgIpc) is 2.71. The minimum Gasteiger partial charge on any atom is -0.497 e. The van der Waals surface area contributed by atoms with E-state index in [0.29, 0.717) is 32.6 Å². The van der Waals surface area contributed by atoms with Crippen LogP contribution in [0.15, 0.2) is 48.8 Å². The fourth-order valence-corrected chi connectivity index (χ4v) is 3.32. The lowest BCUT2D eigenvalue weighted by molar-refractivity contribution is -0.134. The number of ether oxygens (including phenoxy) is 1. The number of rotatable bonds is 8. The number of nitrogens with one attached hydrogen (secondary N) is 2. The fourth-order valence-electron chi connectivity index (χ4n) is 3.32. The first-order valence-corrected chi connectivity index (χ1v) is 9.46. The molecule has 1 fully saturated rings. The molecule has 1 atom stereocenters. The van der Waals surface area contributed by atoms with Gasteiger partial charge in [0.15, 0.2) is 0 Å². The van der Waals surface area contributed by atoms with Crippen LogP contribution in [-0.2, 0) is 22.6 Å². The van der Waals surface area contributed by atoms with E-state index in [0.717, 1.165) is 16.9 Å². The first-order chi connectivity index (χ1) is 13.7. The molecule has 0 unspecified atom stereocenters. The summed E-state index contributed by atoms with van der Waals surface area (Å²) < 4.78 is 5.27. The highest BCUT2D eigenvalue weighted by Gasteiger charge is 2.31. The summed E-state index contributed by atoms with van der Waals surface area (Å²) in [6, 6.07) is 11.2. The number of methoxy groups -OCH3 is 1. The van der Waals surface area contributed by atoms with Crippen LogP contribution in [0.4, 0.5) is 0 Å². The van der Waals surface area contributed by atoms with E-state index in [9.17, 15) is 9.59 Å². The summed E-state index contributed by atoms with van der Waals surface area (Å²) in [6.45, 7) is 2.41. The third-order valence-electron chi connectivity index (χ3n) is 4.80. The zero-order valence-electron chi connectivity index (χ0n) is 16.1. The third-order valence-corrected chi connectivity index (χ3v) is 4.80. The first kappa shape index (κ1) is 19.8. The molecule has 1 aliphatic rings.